The molecular weight excluding hydrogens is 256 g/mol. The maximum absolute atomic E-state index is 12.1. The van der Waals surface area contributed by atoms with Gasteiger partial charge in [0, 0.05) is 19.0 Å². The summed E-state index contributed by atoms with van der Waals surface area (Å²) in [5.41, 5.74) is 1.96. The normalized spacial score (nSPS) is 21.7. The van der Waals surface area contributed by atoms with Gasteiger partial charge in [-0.1, -0.05) is 12.1 Å². The minimum Gasteiger partial charge on any atom is -0.491 e. The highest BCUT2D eigenvalue weighted by atomic mass is 16.5. The zero-order valence-electron chi connectivity index (χ0n) is 11.5. The summed E-state index contributed by atoms with van der Waals surface area (Å²) < 4.78 is 11.0. The van der Waals surface area contributed by atoms with Gasteiger partial charge in [-0.2, -0.15) is 0 Å². The summed E-state index contributed by atoms with van der Waals surface area (Å²) in [6.45, 7) is 2.84. The van der Waals surface area contributed by atoms with E-state index in [2.05, 4.69) is 16.7 Å². The van der Waals surface area contributed by atoms with Crippen molar-refractivity contribution in [3.8, 4) is 5.75 Å². The fraction of sp³-hybridized carbons (Fsp3) is 0.533. The van der Waals surface area contributed by atoms with Crippen LogP contribution in [0.3, 0.4) is 0 Å². The summed E-state index contributed by atoms with van der Waals surface area (Å²) in [5.74, 6) is 0.829. The predicted octanol–water partition coefficient (Wildman–Crippen LogP) is 1.33. The van der Waals surface area contributed by atoms with Gasteiger partial charge in [0.25, 0.3) is 0 Å². The summed E-state index contributed by atoms with van der Waals surface area (Å²) >= 11 is 0. The van der Waals surface area contributed by atoms with E-state index in [0.717, 1.165) is 44.0 Å². The lowest BCUT2D eigenvalue weighted by Gasteiger charge is -2.24. The first kappa shape index (κ1) is 13.4. The standard InChI is InChI=1S/C15H20N2O3/c18-14(9-12-10-19-8-6-16-12)17-13-5-1-3-11-4-2-7-20-15(11)13/h1,3,5,12,16H,2,4,6-10H2,(H,17,18). The third-order valence-corrected chi connectivity index (χ3v) is 3.64. The lowest BCUT2D eigenvalue weighted by molar-refractivity contribution is -0.117. The number of hydrogen-bond acceptors (Lipinski definition) is 4. The molecule has 5 nitrogen and oxygen atoms in total. The molecule has 1 saturated heterocycles. The van der Waals surface area contributed by atoms with Crippen molar-refractivity contribution in [2.45, 2.75) is 25.3 Å². The predicted molar refractivity (Wildman–Crippen MR) is 76.1 cm³/mol. The molecule has 0 saturated carbocycles. The summed E-state index contributed by atoms with van der Waals surface area (Å²) in [6.07, 6.45) is 2.47. The van der Waals surface area contributed by atoms with Crippen LogP contribution in [-0.2, 0) is 16.0 Å². The summed E-state index contributed by atoms with van der Waals surface area (Å²) in [7, 11) is 0. The van der Waals surface area contributed by atoms with E-state index in [0.29, 0.717) is 13.0 Å². The number of fused-ring (bicyclic) bond motifs is 1. The molecule has 108 valence electrons. The Balaban J connectivity index is 1.63. The van der Waals surface area contributed by atoms with E-state index in [4.69, 9.17) is 9.47 Å². The number of carbonyl (C=O) groups is 1. The van der Waals surface area contributed by atoms with Crippen molar-refractivity contribution in [2.75, 3.05) is 31.7 Å². The highest BCUT2D eigenvalue weighted by molar-refractivity contribution is 5.93. The van der Waals surface area contributed by atoms with Crippen molar-refractivity contribution >= 4 is 11.6 Å². The van der Waals surface area contributed by atoms with E-state index in [1.165, 1.54) is 5.56 Å². The number of amides is 1. The number of benzene rings is 1. The van der Waals surface area contributed by atoms with Gasteiger partial charge in [0.15, 0.2) is 0 Å². The van der Waals surface area contributed by atoms with Gasteiger partial charge in [0.1, 0.15) is 5.75 Å². The van der Waals surface area contributed by atoms with Crippen LogP contribution in [0.5, 0.6) is 5.75 Å². The number of hydrogen-bond donors (Lipinski definition) is 2. The average molecular weight is 276 g/mol. The van der Waals surface area contributed by atoms with E-state index < -0.39 is 0 Å². The summed E-state index contributed by atoms with van der Waals surface area (Å²) in [4.78, 5) is 12.1. The molecule has 2 aliphatic rings. The van der Waals surface area contributed by atoms with Crippen LogP contribution in [0.2, 0.25) is 0 Å². The molecule has 1 unspecified atom stereocenters. The molecule has 2 heterocycles. The SMILES string of the molecule is O=C(CC1COCCN1)Nc1cccc2c1OCCC2. The maximum atomic E-state index is 12.1. The minimum atomic E-state index is -0.00410. The van der Waals surface area contributed by atoms with Gasteiger partial charge in [-0.15, -0.1) is 0 Å². The van der Waals surface area contributed by atoms with Gasteiger partial charge in [0.2, 0.25) is 5.91 Å². The zero-order valence-corrected chi connectivity index (χ0v) is 11.5. The number of para-hydroxylation sites is 1. The molecule has 0 spiro atoms. The van der Waals surface area contributed by atoms with Crippen LogP contribution >= 0.6 is 0 Å². The van der Waals surface area contributed by atoms with Crippen molar-refractivity contribution in [1.29, 1.82) is 0 Å². The molecule has 0 aromatic heterocycles. The molecule has 1 fully saturated rings. The van der Waals surface area contributed by atoms with E-state index in [1.807, 2.05) is 12.1 Å². The number of ether oxygens (including phenoxy) is 2. The maximum Gasteiger partial charge on any atom is 0.226 e. The Bertz CT molecular complexity index is 484. The molecule has 5 heteroatoms. The molecule has 1 amide bonds. The second-order valence-electron chi connectivity index (χ2n) is 5.22. The van der Waals surface area contributed by atoms with Crippen molar-refractivity contribution in [1.82, 2.24) is 5.32 Å². The summed E-state index contributed by atoms with van der Waals surface area (Å²) in [5, 5.41) is 6.24. The molecule has 1 aromatic carbocycles. The van der Waals surface area contributed by atoms with Gasteiger partial charge < -0.3 is 20.1 Å². The van der Waals surface area contributed by atoms with Crippen molar-refractivity contribution < 1.29 is 14.3 Å². The smallest absolute Gasteiger partial charge is 0.226 e. The second kappa shape index (κ2) is 6.24. The molecule has 3 rings (SSSR count). The van der Waals surface area contributed by atoms with Crippen LogP contribution in [0.1, 0.15) is 18.4 Å². The lowest BCUT2D eigenvalue weighted by Crippen LogP contribution is -2.43. The van der Waals surface area contributed by atoms with Crippen LogP contribution < -0.4 is 15.4 Å². The Morgan fingerprint density at radius 2 is 2.35 bits per heavy atom. The topological polar surface area (TPSA) is 59.6 Å². The molecule has 0 radical (unpaired) electrons. The first-order valence-corrected chi connectivity index (χ1v) is 7.18. The Morgan fingerprint density at radius 1 is 1.40 bits per heavy atom. The fourth-order valence-electron chi connectivity index (χ4n) is 2.66. The Morgan fingerprint density at radius 3 is 3.20 bits per heavy atom. The Labute approximate surface area is 118 Å². The third-order valence-electron chi connectivity index (χ3n) is 3.64. The van der Waals surface area contributed by atoms with Gasteiger partial charge in [-0.25, -0.2) is 0 Å². The molecule has 1 atom stereocenters. The van der Waals surface area contributed by atoms with Crippen LogP contribution in [0.25, 0.3) is 0 Å². The van der Waals surface area contributed by atoms with E-state index in [9.17, 15) is 4.79 Å². The average Bonchev–Trinajstić information content (AvgIpc) is 2.48. The van der Waals surface area contributed by atoms with E-state index in [-0.39, 0.29) is 11.9 Å². The molecule has 2 aliphatic heterocycles. The number of anilines is 1. The van der Waals surface area contributed by atoms with Crippen LogP contribution in [0, 0.1) is 0 Å². The molecule has 20 heavy (non-hydrogen) atoms. The number of morpholine rings is 1. The molecule has 0 bridgehead atoms. The van der Waals surface area contributed by atoms with Gasteiger partial charge in [0.05, 0.1) is 25.5 Å². The number of carbonyl (C=O) groups excluding carboxylic acids is 1. The summed E-state index contributed by atoms with van der Waals surface area (Å²) in [6, 6.07) is 6.02. The van der Waals surface area contributed by atoms with Crippen LogP contribution in [0.4, 0.5) is 5.69 Å². The van der Waals surface area contributed by atoms with Crippen LogP contribution in [-0.4, -0.2) is 38.3 Å². The van der Waals surface area contributed by atoms with Crippen molar-refractivity contribution in [3.05, 3.63) is 23.8 Å². The molecular formula is C15H20N2O3. The van der Waals surface area contributed by atoms with Gasteiger partial charge in [-0.3, -0.25) is 4.79 Å². The third kappa shape index (κ3) is 3.11. The molecule has 0 aliphatic carbocycles. The first-order valence-electron chi connectivity index (χ1n) is 7.18. The van der Waals surface area contributed by atoms with Gasteiger partial charge in [-0.05, 0) is 24.5 Å². The van der Waals surface area contributed by atoms with Gasteiger partial charge >= 0.3 is 0 Å². The quantitative estimate of drug-likeness (QED) is 0.874. The molecule has 1 aromatic rings. The largest absolute Gasteiger partial charge is 0.491 e. The van der Waals surface area contributed by atoms with E-state index in [1.54, 1.807) is 0 Å². The highest BCUT2D eigenvalue weighted by Crippen LogP contribution is 2.32. The number of rotatable bonds is 3. The zero-order chi connectivity index (χ0) is 13.8. The highest BCUT2D eigenvalue weighted by Gasteiger charge is 2.19. The second-order valence-corrected chi connectivity index (χ2v) is 5.22. The number of nitrogens with one attached hydrogen (secondary N) is 2. The minimum absolute atomic E-state index is 0.00410. The lowest BCUT2D eigenvalue weighted by atomic mass is 10.1. The monoisotopic (exact) mass is 276 g/mol. The first-order chi connectivity index (χ1) is 9.83. The van der Waals surface area contributed by atoms with Crippen molar-refractivity contribution in [3.63, 3.8) is 0 Å². The van der Waals surface area contributed by atoms with Crippen LogP contribution in [0.15, 0.2) is 18.2 Å². The molecule has 2 N–H and O–H groups in total. The number of aryl methyl sites for hydroxylation is 1. The van der Waals surface area contributed by atoms with E-state index >= 15 is 0 Å². The fourth-order valence-corrected chi connectivity index (χ4v) is 2.66. The Kier molecular flexibility index (Phi) is 4.18. The van der Waals surface area contributed by atoms with Crippen molar-refractivity contribution in [2.24, 2.45) is 0 Å². The Hall–Kier alpha value is -1.59.